The van der Waals surface area contributed by atoms with E-state index in [4.69, 9.17) is 0 Å². The molecule has 2 heteroatoms. The summed E-state index contributed by atoms with van der Waals surface area (Å²) in [6.07, 6.45) is 2.54. The molecule has 0 aliphatic heterocycles. The van der Waals surface area contributed by atoms with Crippen LogP contribution in [0.15, 0.2) is 30.3 Å². The highest BCUT2D eigenvalue weighted by Crippen LogP contribution is 2.02. The Bertz CT molecular complexity index is 308. The van der Waals surface area contributed by atoms with Crippen LogP contribution in [0.5, 0.6) is 0 Å². The minimum Gasteiger partial charge on any atom is -0.308 e. The van der Waals surface area contributed by atoms with E-state index in [9.17, 15) is 4.79 Å². The van der Waals surface area contributed by atoms with Crippen LogP contribution < -0.4 is 5.32 Å². The van der Waals surface area contributed by atoms with Gasteiger partial charge in [-0.15, -0.1) is 0 Å². The molecule has 0 radical (unpaired) electrons. The Kier molecular flexibility index (Phi) is 5.79. The average molecular weight is 219 g/mol. The van der Waals surface area contributed by atoms with Gasteiger partial charge in [-0.2, -0.15) is 0 Å². The first-order valence-corrected chi connectivity index (χ1v) is 6.01. The number of carbonyl (C=O) groups excluding carboxylic acids is 1. The lowest BCUT2D eigenvalue weighted by atomic mass is 10.1. The van der Waals surface area contributed by atoms with Crippen LogP contribution in [-0.4, -0.2) is 18.4 Å². The number of hydrogen-bond acceptors (Lipinski definition) is 2. The summed E-state index contributed by atoms with van der Waals surface area (Å²) in [7, 11) is 0. The molecule has 0 saturated carbocycles. The molecule has 0 fully saturated rings. The second-order valence-electron chi connectivity index (χ2n) is 4.21. The predicted molar refractivity (Wildman–Crippen MR) is 67.5 cm³/mol. The zero-order chi connectivity index (χ0) is 11.8. The molecule has 16 heavy (non-hydrogen) atoms. The molecule has 0 aromatic heterocycles. The second-order valence-corrected chi connectivity index (χ2v) is 4.21. The monoisotopic (exact) mass is 219 g/mol. The van der Waals surface area contributed by atoms with Gasteiger partial charge in [-0.3, -0.25) is 4.79 Å². The smallest absolute Gasteiger partial charge is 0.146 e. The minimum absolute atomic E-state index is 0.296. The van der Waals surface area contributed by atoms with Crippen LogP contribution in [0, 0.1) is 0 Å². The molecule has 1 rings (SSSR count). The zero-order valence-corrected chi connectivity index (χ0v) is 10.2. The van der Waals surface area contributed by atoms with Crippen LogP contribution in [0.4, 0.5) is 0 Å². The molecule has 88 valence electrons. The Balaban J connectivity index is 2.20. The number of ketones is 1. The van der Waals surface area contributed by atoms with Crippen molar-refractivity contribution in [3.05, 3.63) is 35.9 Å². The molecule has 1 aromatic carbocycles. The van der Waals surface area contributed by atoms with Crippen LogP contribution in [0.25, 0.3) is 0 Å². The summed E-state index contributed by atoms with van der Waals surface area (Å²) in [4.78, 5) is 11.6. The summed E-state index contributed by atoms with van der Waals surface area (Å²) < 4.78 is 0. The van der Waals surface area contributed by atoms with Gasteiger partial charge in [0.2, 0.25) is 0 Å². The van der Waals surface area contributed by atoms with Crippen molar-refractivity contribution in [1.82, 2.24) is 5.32 Å². The van der Waals surface area contributed by atoms with E-state index in [1.54, 1.807) is 0 Å². The molecular weight excluding hydrogens is 198 g/mol. The molecule has 0 bridgehead atoms. The summed E-state index contributed by atoms with van der Waals surface area (Å²) in [5.74, 6) is 0.296. The number of hydrogen-bond donors (Lipinski definition) is 1. The van der Waals surface area contributed by atoms with Crippen LogP contribution in [-0.2, 0) is 11.2 Å². The molecule has 0 amide bonds. The Morgan fingerprint density at radius 2 is 2.00 bits per heavy atom. The van der Waals surface area contributed by atoms with Gasteiger partial charge in [0, 0.05) is 12.5 Å². The topological polar surface area (TPSA) is 29.1 Å². The summed E-state index contributed by atoms with van der Waals surface area (Å²) >= 11 is 0. The fourth-order valence-electron chi connectivity index (χ4n) is 1.45. The fraction of sp³-hybridized carbons (Fsp3) is 0.500. The Hall–Kier alpha value is -1.15. The van der Waals surface area contributed by atoms with Crippen molar-refractivity contribution in [1.29, 1.82) is 0 Å². The molecule has 0 heterocycles. The molecule has 0 aliphatic rings. The van der Waals surface area contributed by atoms with Gasteiger partial charge in [0.25, 0.3) is 0 Å². The van der Waals surface area contributed by atoms with Crippen molar-refractivity contribution in [2.24, 2.45) is 0 Å². The maximum atomic E-state index is 11.6. The summed E-state index contributed by atoms with van der Waals surface area (Å²) in [6, 6.07) is 10.6. The standard InChI is InChI=1S/C14H21NO/c1-3-12(2)15-11-14(16)10-9-13-7-5-4-6-8-13/h4-8,12,15H,3,9-11H2,1-2H3. The zero-order valence-electron chi connectivity index (χ0n) is 10.2. The van der Waals surface area contributed by atoms with Crippen LogP contribution in [0.3, 0.4) is 0 Å². The number of Topliss-reactive ketones (excluding diaryl/α,β-unsaturated/α-hetero) is 1. The Morgan fingerprint density at radius 3 is 2.62 bits per heavy atom. The third-order valence-corrected chi connectivity index (χ3v) is 2.80. The first-order valence-electron chi connectivity index (χ1n) is 6.01. The summed E-state index contributed by atoms with van der Waals surface area (Å²) in [6.45, 7) is 4.72. The molecule has 0 aliphatic carbocycles. The van der Waals surface area contributed by atoms with Gasteiger partial charge in [-0.1, -0.05) is 37.3 Å². The van der Waals surface area contributed by atoms with E-state index in [0.717, 1.165) is 12.8 Å². The largest absolute Gasteiger partial charge is 0.308 e. The van der Waals surface area contributed by atoms with E-state index >= 15 is 0 Å². The van der Waals surface area contributed by atoms with Crippen molar-refractivity contribution in [2.45, 2.75) is 39.2 Å². The fourth-order valence-corrected chi connectivity index (χ4v) is 1.45. The molecule has 2 nitrogen and oxygen atoms in total. The van der Waals surface area contributed by atoms with Gasteiger partial charge < -0.3 is 5.32 Å². The highest BCUT2D eigenvalue weighted by atomic mass is 16.1. The van der Waals surface area contributed by atoms with Crippen molar-refractivity contribution >= 4 is 5.78 Å². The minimum atomic E-state index is 0.296. The maximum Gasteiger partial charge on any atom is 0.146 e. The van der Waals surface area contributed by atoms with E-state index < -0.39 is 0 Å². The van der Waals surface area contributed by atoms with Crippen LogP contribution >= 0.6 is 0 Å². The molecule has 1 atom stereocenters. The van der Waals surface area contributed by atoms with Crippen LogP contribution in [0.1, 0.15) is 32.3 Å². The number of aryl methyl sites for hydroxylation is 1. The lowest BCUT2D eigenvalue weighted by molar-refractivity contribution is -0.118. The van der Waals surface area contributed by atoms with E-state index in [0.29, 0.717) is 24.8 Å². The highest BCUT2D eigenvalue weighted by molar-refractivity contribution is 5.80. The predicted octanol–water partition coefficient (Wildman–Crippen LogP) is 2.58. The average Bonchev–Trinajstić information content (AvgIpc) is 2.34. The Labute approximate surface area is 98.1 Å². The van der Waals surface area contributed by atoms with Crippen molar-refractivity contribution in [3.63, 3.8) is 0 Å². The normalized spacial score (nSPS) is 12.4. The third kappa shape index (κ3) is 5.08. The number of benzene rings is 1. The Morgan fingerprint density at radius 1 is 1.31 bits per heavy atom. The van der Waals surface area contributed by atoms with Crippen molar-refractivity contribution in [2.75, 3.05) is 6.54 Å². The van der Waals surface area contributed by atoms with Gasteiger partial charge >= 0.3 is 0 Å². The van der Waals surface area contributed by atoms with E-state index in [2.05, 4.69) is 31.3 Å². The maximum absolute atomic E-state index is 11.6. The number of carbonyl (C=O) groups is 1. The quantitative estimate of drug-likeness (QED) is 0.763. The van der Waals surface area contributed by atoms with E-state index in [-0.39, 0.29) is 0 Å². The SMILES string of the molecule is CCC(C)NCC(=O)CCc1ccccc1. The lowest BCUT2D eigenvalue weighted by Crippen LogP contribution is -2.30. The molecule has 1 unspecified atom stereocenters. The van der Waals surface area contributed by atoms with Crippen molar-refractivity contribution < 1.29 is 4.79 Å². The molecule has 1 aromatic rings. The van der Waals surface area contributed by atoms with Gasteiger partial charge in [-0.05, 0) is 25.3 Å². The first-order chi connectivity index (χ1) is 7.72. The van der Waals surface area contributed by atoms with Gasteiger partial charge in [0.05, 0.1) is 6.54 Å². The van der Waals surface area contributed by atoms with Gasteiger partial charge in [0.1, 0.15) is 5.78 Å². The van der Waals surface area contributed by atoms with Crippen molar-refractivity contribution in [3.8, 4) is 0 Å². The molecule has 0 saturated heterocycles. The second kappa shape index (κ2) is 7.18. The lowest BCUT2D eigenvalue weighted by Gasteiger charge is -2.10. The van der Waals surface area contributed by atoms with E-state index in [1.165, 1.54) is 5.56 Å². The number of nitrogens with one attached hydrogen (secondary N) is 1. The third-order valence-electron chi connectivity index (χ3n) is 2.80. The molecular formula is C14H21NO. The first kappa shape index (κ1) is 12.9. The van der Waals surface area contributed by atoms with Gasteiger partial charge in [0.15, 0.2) is 0 Å². The highest BCUT2D eigenvalue weighted by Gasteiger charge is 2.04. The molecule has 0 spiro atoms. The van der Waals surface area contributed by atoms with Gasteiger partial charge in [-0.25, -0.2) is 0 Å². The summed E-state index contributed by atoms with van der Waals surface area (Å²) in [5.41, 5.74) is 1.24. The number of rotatable bonds is 7. The summed E-state index contributed by atoms with van der Waals surface area (Å²) in [5, 5.41) is 3.22. The van der Waals surface area contributed by atoms with Crippen LogP contribution in [0.2, 0.25) is 0 Å². The molecule has 1 N–H and O–H groups in total. The van der Waals surface area contributed by atoms with E-state index in [1.807, 2.05) is 18.2 Å².